The van der Waals surface area contributed by atoms with Crippen LogP contribution in [0.25, 0.3) is 11.1 Å². The largest absolute Gasteiger partial charge is 0.494 e. The van der Waals surface area contributed by atoms with E-state index in [0.29, 0.717) is 13.1 Å². The van der Waals surface area contributed by atoms with Crippen molar-refractivity contribution in [1.29, 1.82) is 0 Å². The Labute approximate surface area is 223 Å². The Hall–Kier alpha value is -4.15. The van der Waals surface area contributed by atoms with E-state index in [4.69, 9.17) is 10.5 Å². The normalized spacial score (nSPS) is 11.9. The topological polar surface area (TPSA) is 91.3 Å². The molecule has 0 aliphatic rings. The highest BCUT2D eigenvalue weighted by Crippen LogP contribution is 2.29. The van der Waals surface area contributed by atoms with E-state index in [1.54, 1.807) is 0 Å². The molecule has 3 N–H and O–H groups in total. The molecule has 0 radical (unpaired) electrons. The van der Waals surface area contributed by atoms with Crippen molar-refractivity contribution in [3.05, 3.63) is 122 Å². The zero-order chi connectivity index (χ0) is 28.1. The summed E-state index contributed by atoms with van der Waals surface area (Å²) in [6.07, 6.45) is 0. The number of hydrogen-bond acceptors (Lipinski definition) is 5. The van der Waals surface area contributed by atoms with Crippen molar-refractivity contribution < 1.29 is 17.9 Å². The van der Waals surface area contributed by atoms with Crippen LogP contribution in [0.15, 0.2) is 76.3 Å². The van der Waals surface area contributed by atoms with E-state index in [0.717, 1.165) is 26.8 Å². The van der Waals surface area contributed by atoms with E-state index in [-0.39, 0.29) is 34.7 Å². The summed E-state index contributed by atoms with van der Waals surface area (Å²) in [5.41, 5.74) is 4.43. The second-order valence-corrected chi connectivity index (χ2v) is 8.97. The zero-order valence-corrected chi connectivity index (χ0v) is 21.6. The Kier molecular flexibility index (Phi) is 8.68. The van der Waals surface area contributed by atoms with Gasteiger partial charge in [-0.3, -0.25) is 13.9 Å². The van der Waals surface area contributed by atoms with Crippen LogP contribution in [0.1, 0.15) is 22.9 Å². The first-order chi connectivity index (χ1) is 18.8. The summed E-state index contributed by atoms with van der Waals surface area (Å²) in [5.74, 6) is -2.59. The maximum atomic E-state index is 15.4. The molecular weight excluding hydrogens is 509 g/mol. The molecule has 1 atom stereocenters. The van der Waals surface area contributed by atoms with Gasteiger partial charge in [-0.25, -0.2) is 18.0 Å². The Balaban J connectivity index is 1.98. The van der Waals surface area contributed by atoms with Gasteiger partial charge in [0.2, 0.25) is 0 Å². The molecule has 204 valence electrons. The molecule has 3 aromatic carbocycles. The second kappa shape index (κ2) is 12.1. The van der Waals surface area contributed by atoms with Gasteiger partial charge in [-0.1, -0.05) is 48.5 Å². The van der Waals surface area contributed by atoms with Crippen LogP contribution in [0, 0.1) is 24.4 Å². The number of rotatable bonds is 10. The Morgan fingerprint density at radius 3 is 2.23 bits per heavy atom. The van der Waals surface area contributed by atoms with Crippen molar-refractivity contribution in [3.8, 4) is 16.9 Å². The van der Waals surface area contributed by atoms with Gasteiger partial charge in [0.15, 0.2) is 11.6 Å². The third-order valence-electron chi connectivity index (χ3n) is 6.62. The molecule has 0 saturated heterocycles. The van der Waals surface area contributed by atoms with Crippen LogP contribution in [0.4, 0.5) is 13.2 Å². The van der Waals surface area contributed by atoms with Gasteiger partial charge in [0, 0.05) is 29.9 Å². The van der Waals surface area contributed by atoms with Crippen LogP contribution in [0.5, 0.6) is 5.75 Å². The summed E-state index contributed by atoms with van der Waals surface area (Å²) < 4.78 is 51.8. The SMILES string of the molecule is COc1cccc(-c2c(C)n(Cc3c(F)cccc3F)c(=O)n(C[C@H](NCCN)c3ccccc3)c2=O)c1F. The van der Waals surface area contributed by atoms with Crippen molar-refractivity contribution >= 4 is 0 Å². The molecule has 4 rings (SSSR count). The minimum absolute atomic E-state index is 0.0576. The van der Waals surface area contributed by atoms with E-state index < -0.39 is 41.3 Å². The predicted molar refractivity (Wildman–Crippen MR) is 143 cm³/mol. The first-order valence-electron chi connectivity index (χ1n) is 12.4. The number of aromatic nitrogens is 2. The molecule has 0 aliphatic heterocycles. The maximum absolute atomic E-state index is 15.4. The second-order valence-electron chi connectivity index (χ2n) is 8.97. The lowest BCUT2D eigenvalue weighted by Crippen LogP contribution is -2.45. The average molecular weight is 539 g/mol. The zero-order valence-electron chi connectivity index (χ0n) is 21.6. The van der Waals surface area contributed by atoms with Gasteiger partial charge in [-0.05, 0) is 30.7 Å². The lowest BCUT2D eigenvalue weighted by Gasteiger charge is -2.23. The van der Waals surface area contributed by atoms with Crippen molar-refractivity contribution in [2.24, 2.45) is 5.73 Å². The molecule has 39 heavy (non-hydrogen) atoms. The minimum Gasteiger partial charge on any atom is -0.494 e. The fraction of sp³-hybridized carbons (Fsp3) is 0.241. The quantitative estimate of drug-likeness (QED) is 0.321. The molecule has 0 amide bonds. The third kappa shape index (κ3) is 5.67. The summed E-state index contributed by atoms with van der Waals surface area (Å²) in [5, 5.41) is 3.23. The van der Waals surface area contributed by atoms with Crippen molar-refractivity contribution in [1.82, 2.24) is 14.5 Å². The number of nitrogens with one attached hydrogen (secondary N) is 1. The average Bonchev–Trinajstić information content (AvgIpc) is 2.93. The fourth-order valence-corrected chi connectivity index (χ4v) is 4.57. The molecule has 0 saturated carbocycles. The standard InChI is InChI=1S/C29H29F3N4O3/c1-18-26(20-10-6-13-25(39-2)27(20)32)28(37)36(17-24(34-15-14-33)19-8-4-3-5-9-19)29(38)35(18)16-21-22(30)11-7-12-23(21)31/h3-13,24,34H,14-17,33H2,1-2H3/t24-/m0/s1. The number of halogens is 3. The Morgan fingerprint density at radius 1 is 0.923 bits per heavy atom. The summed E-state index contributed by atoms with van der Waals surface area (Å²) in [6, 6.07) is 16.3. The smallest absolute Gasteiger partial charge is 0.331 e. The third-order valence-corrected chi connectivity index (χ3v) is 6.62. The predicted octanol–water partition coefficient (Wildman–Crippen LogP) is 3.75. The van der Waals surface area contributed by atoms with Gasteiger partial charge in [0.25, 0.3) is 5.56 Å². The van der Waals surface area contributed by atoms with E-state index in [2.05, 4.69) is 5.32 Å². The molecule has 1 heterocycles. The molecule has 0 fully saturated rings. The summed E-state index contributed by atoms with van der Waals surface area (Å²) in [6.45, 7) is 1.51. The summed E-state index contributed by atoms with van der Waals surface area (Å²) in [7, 11) is 1.29. The van der Waals surface area contributed by atoms with Crippen LogP contribution >= 0.6 is 0 Å². The molecule has 0 unspecified atom stereocenters. The number of benzene rings is 3. The van der Waals surface area contributed by atoms with Crippen LogP contribution in [0.2, 0.25) is 0 Å². The first kappa shape index (κ1) is 27.9. The van der Waals surface area contributed by atoms with Gasteiger partial charge < -0.3 is 15.8 Å². The van der Waals surface area contributed by atoms with Gasteiger partial charge in [-0.15, -0.1) is 0 Å². The van der Waals surface area contributed by atoms with Crippen LogP contribution in [-0.2, 0) is 13.1 Å². The molecule has 7 nitrogen and oxygen atoms in total. The lowest BCUT2D eigenvalue weighted by atomic mass is 10.0. The Bertz CT molecular complexity index is 1570. The van der Waals surface area contributed by atoms with Gasteiger partial charge in [-0.2, -0.15) is 0 Å². The molecule has 0 bridgehead atoms. The van der Waals surface area contributed by atoms with Crippen molar-refractivity contribution in [2.45, 2.75) is 26.1 Å². The van der Waals surface area contributed by atoms with Crippen molar-refractivity contribution in [3.63, 3.8) is 0 Å². The highest BCUT2D eigenvalue weighted by Gasteiger charge is 2.25. The highest BCUT2D eigenvalue weighted by molar-refractivity contribution is 5.67. The molecule has 0 aliphatic carbocycles. The van der Waals surface area contributed by atoms with E-state index >= 15 is 4.39 Å². The number of methoxy groups -OCH3 is 1. The maximum Gasteiger partial charge on any atom is 0.331 e. The summed E-state index contributed by atoms with van der Waals surface area (Å²) >= 11 is 0. The minimum atomic E-state index is -0.847. The van der Waals surface area contributed by atoms with E-state index in [9.17, 15) is 18.4 Å². The van der Waals surface area contributed by atoms with Crippen LogP contribution in [0.3, 0.4) is 0 Å². The fourth-order valence-electron chi connectivity index (χ4n) is 4.57. The van der Waals surface area contributed by atoms with Crippen LogP contribution in [-0.4, -0.2) is 29.3 Å². The monoisotopic (exact) mass is 538 g/mol. The number of nitrogens with two attached hydrogens (primary N) is 1. The van der Waals surface area contributed by atoms with E-state index in [1.807, 2.05) is 30.3 Å². The molecule has 0 spiro atoms. The summed E-state index contributed by atoms with van der Waals surface area (Å²) in [4.78, 5) is 27.7. The van der Waals surface area contributed by atoms with E-state index in [1.165, 1.54) is 38.3 Å². The van der Waals surface area contributed by atoms with Crippen molar-refractivity contribution in [2.75, 3.05) is 20.2 Å². The molecule has 10 heteroatoms. The van der Waals surface area contributed by atoms with Crippen LogP contribution < -0.4 is 27.0 Å². The molecule has 1 aromatic heterocycles. The number of nitrogens with zero attached hydrogens (tertiary/aromatic N) is 2. The lowest BCUT2D eigenvalue weighted by molar-refractivity contribution is 0.387. The molecule has 4 aromatic rings. The number of hydrogen-bond donors (Lipinski definition) is 2. The Morgan fingerprint density at radius 2 is 1.59 bits per heavy atom. The van der Waals surface area contributed by atoms with Gasteiger partial charge >= 0.3 is 5.69 Å². The van der Waals surface area contributed by atoms with Gasteiger partial charge in [0.1, 0.15) is 11.6 Å². The van der Waals surface area contributed by atoms with Gasteiger partial charge in [0.05, 0.1) is 31.8 Å². The number of ether oxygens (including phenoxy) is 1. The first-order valence-corrected chi connectivity index (χ1v) is 12.4. The molecular formula is C29H29F3N4O3. The highest BCUT2D eigenvalue weighted by atomic mass is 19.1.